The topological polar surface area (TPSA) is 199 Å². The first-order chi connectivity index (χ1) is 13.5. The van der Waals surface area contributed by atoms with Crippen molar-refractivity contribution in [3.63, 3.8) is 0 Å². The van der Waals surface area contributed by atoms with Crippen LogP contribution in [0.2, 0.25) is 0 Å². The molecule has 29 heavy (non-hydrogen) atoms. The van der Waals surface area contributed by atoms with Crippen molar-refractivity contribution < 1.29 is 39.3 Å². The number of nitrogens with two attached hydrogens (primary N) is 1. The highest BCUT2D eigenvalue weighted by Gasteiger charge is 2.39. The molecular weight excluding hydrogens is 408 g/mol. The van der Waals surface area contributed by atoms with Gasteiger partial charge in [0.05, 0.1) is 12.5 Å². The fraction of sp³-hybridized carbons (Fsp3) is 0.688. The van der Waals surface area contributed by atoms with Crippen molar-refractivity contribution in [3.8, 4) is 0 Å². The molecule has 1 aliphatic heterocycles. The van der Waals surface area contributed by atoms with Crippen LogP contribution in [0.15, 0.2) is 0 Å². The number of aliphatic hydroxyl groups is 1. The normalized spacial score (nSPS) is 20.3. The van der Waals surface area contributed by atoms with Crippen LogP contribution >= 0.6 is 12.6 Å². The van der Waals surface area contributed by atoms with E-state index >= 15 is 0 Å². The molecule has 13 heteroatoms. The average molecular weight is 434 g/mol. The van der Waals surface area contributed by atoms with Crippen molar-refractivity contribution in [1.29, 1.82) is 0 Å². The minimum atomic E-state index is -1.52. The molecule has 0 radical (unpaired) electrons. The van der Waals surface area contributed by atoms with Crippen molar-refractivity contribution in [2.45, 2.75) is 56.5 Å². The predicted molar refractivity (Wildman–Crippen MR) is 102 cm³/mol. The lowest BCUT2D eigenvalue weighted by molar-refractivity contribution is -0.150. The fourth-order valence-corrected chi connectivity index (χ4v) is 3.07. The van der Waals surface area contributed by atoms with Crippen LogP contribution in [0.4, 0.5) is 0 Å². The van der Waals surface area contributed by atoms with Crippen LogP contribution in [0.25, 0.3) is 0 Å². The molecule has 0 aromatic carbocycles. The number of hydrogen-bond acceptors (Lipinski definition) is 8. The summed E-state index contributed by atoms with van der Waals surface area (Å²) in [4.78, 5) is 60.5. The number of carbonyl (C=O) groups excluding carboxylic acids is 3. The summed E-state index contributed by atoms with van der Waals surface area (Å²) >= 11 is 3.95. The standard InChI is InChI=1S/C16H26N4O8S/c1-7(21)12(17)14(25)19-9(6-29)13(24)18-8(5-11(22)23)15(26)20-4-2-3-10(20)16(27)28/h7-10,12,21,29H,2-6,17H2,1H3,(H,18,24)(H,19,25)(H,22,23)(H,27,28). The SMILES string of the molecule is CC(O)C(N)C(=O)NC(CS)C(=O)NC(CC(=O)O)C(=O)N1CCCC1C(=O)O. The molecule has 0 saturated carbocycles. The number of carbonyl (C=O) groups is 5. The van der Waals surface area contributed by atoms with Crippen LogP contribution in [-0.2, 0) is 24.0 Å². The first kappa shape index (κ1) is 24.7. The summed E-state index contributed by atoms with van der Waals surface area (Å²) in [6.45, 7) is 1.41. The molecule has 5 unspecified atom stereocenters. The van der Waals surface area contributed by atoms with Gasteiger partial charge in [-0.05, 0) is 19.8 Å². The minimum absolute atomic E-state index is 0.123. The molecule has 1 fully saturated rings. The van der Waals surface area contributed by atoms with Gasteiger partial charge in [0.1, 0.15) is 24.2 Å². The van der Waals surface area contributed by atoms with Gasteiger partial charge < -0.3 is 36.6 Å². The third-order valence-electron chi connectivity index (χ3n) is 4.45. The second-order valence-corrected chi connectivity index (χ2v) is 7.06. The third kappa shape index (κ3) is 6.87. The summed E-state index contributed by atoms with van der Waals surface area (Å²) in [7, 11) is 0. The lowest BCUT2D eigenvalue weighted by Crippen LogP contribution is -2.59. The van der Waals surface area contributed by atoms with Gasteiger partial charge >= 0.3 is 11.9 Å². The molecule has 0 aromatic heterocycles. The van der Waals surface area contributed by atoms with E-state index in [0.29, 0.717) is 6.42 Å². The first-order valence-corrected chi connectivity index (χ1v) is 9.53. The van der Waals surface area contributed by atoms with E-state index in [1.54, 1.807) is 0 Å². The van der Waals surface area contributed by atoms with Gasteiger partial charge in [-0.25, -0.2) is 4.79 Å². The van der Waals surface area contributed by atoms with Gasteiger partial charge in [0.2, 0.25) is 17.7 Å². The number of aliphatic hydroxyl groups excluding tert-OH is 1. The number of hydrogen-bond donors (Lipinski definition) is 7. The van der Waals surface area contributed by atoms with Crippen molar-refractivity contribution in [2.24, 2.45) is 5.73 Å². The molecule has 1 heterocycles. The van der Waals surface area contributed by atoms with Crippen LogP contribution in [0.5, 0.6) is 0 Å². The maximum absolute atomic E-state index is 12.7. The molecule has 7 N–H and O–H groups in total. The number of nitrogens with one attached hydrogen (secondary N) is 2. The Morgan fingerprint density at radius 3 is 2.21 bits per heavy atom. The summed E-state index contributed by atoms with van der Waals surface area (Å²) in [5.41, 5.74) is 5.49. The minimum Gasteiger partial charge on any atom is -0.481 e. The zero-order valence-corrected chi connectivity index (χ0v) is 16.7. The number of likely N-dealkylation sites (tertiary alicyclic amines) is 1. The number of thiol groups is 1. The first-order valence-electron chi connectivity index (χ1n) is 8.89. The molecule has 0 bridgehead atoms. The summed E-state index contributed by atoms with van der Waals surface area (Å²) in [6, 6.07) is -5.18. The van der Waals surface area contributed by atoms with Crippen molar-refractivity contribution in [1.82, 2.24) is 15.5 Å². The fourth-order valence-electron chi connectivity index (χ4n) is 2.82. The maximum atomic E-state index is 12.7. The Balaban J connectivity index is 2.91. The summed E-state index contributed by atoms with van der Waals surface area (Å²) in [5.74, 6) is -5.35. The lowest BCUT2D eigenvalue weighted by Gasteiger charge is -2.28. The van der Waals surface area contributed by atoms with E-state index in [4.69, 9.17) is 10.8 Å². The number of carboxylic acids is 2. The van der Waals surface area contributed by atoms with E-state index in [2.05, 4.69) is 23.3 Å². The highest BCUT2D eigenvalue weighted by Crippen LogP contribution is 2.19. The molecule has 1 aliphatic rings. The van der Waals surface area contributed by atoms with Crippen molar-refractivity contribution >= 4 is 42.3 Å². The highest BCUT2D eigenvalue weighted by molar-refractivity contribution is 7.80. The molecule has 5 atom stereocenters. The zero-order valence-electron chi connectivity index (χ0n) is 15.8. The van der Waals surface area contributed by atoms with E-state index in [-0.39, 0.29) is 18.7 Å². The van der Waals surface area contributed by atoms with Crippen LogP contribution < -0.4 is 16.4 Å². The second-order valence-electron chi connectivity index (χ2n) is 6.70. The van der Waals surface area contributed by atoms with E-state index < -0.39 is 66.4 Å². The average Bonchev–Trinajstić information content (AvgIpc) is 3.13. The Morgan fingerprint density at radius 1 is 1.14 bits per heavy atom. The molecule has 0 aliphatic carbocycles. The highest BCUT2D eigenvalue weighted by atomic mass is 32.1. The number of amides is 3. The van der Waals surface area contributed by atoms with E-state index in [0.717, 1.165) is 4.90 Å². The van der Waals surface area contributed by atoms with Gasteiger partial charge in [0.15, 0.2) is 0 Å². The molecular formula is C16H26N4O8S. The number of nitrogens with zero attached hydrogens (tertiary/aromatic N) is 1. The Morgan fingerprint density at radius 2 is 1.72 bits per heavy atom. The van der Waals surface area contributed by atoms with Gasteiger partial charge in [-0.15, -0.1) is 0 Å². The Bertz CT molecular complexity index is 659. The molecule has 164 valence electrons. The monoisotopic (exact) mass is 434 g/mol. The number of aliphatic carboxylic acids is 2. The van der Waals surface area contributed by atoms with Crippen molar-refractivity contribution in [2.75, 3.05) is 12.3 Å². The van der Waals surface area contributed by atoms with Crippen LogP contribution in [0.3, 0.4) is 0 Å². The van der Waals surface area contributed by atoms with Crippen LogP contribution in [0.1, 0.15) is 26.2 Å². The van der Waals surface area contributed by atoms with E-state index in [9.17, 15) is 34.2 Å². The maximum Gasteiger partial charge on any atom is 0.326 e. The number of rotatable bonds is 10. The predicted octanol–water partition coefficient (Wildman–Crippen LogP) is -2.86. The molecule has 0 aromatic rings. The third-order valence-corrected chi connectivity index (χ3v) is 4.82. The van der Waals surface area contributed by atoms with E-state index in [1.807, 2.05) is 0 Å². The summed E-state index contributed by atoms with van der Waals surface area (Å²) < 4.78 is 0. The summed E-state index contributed by atoms with van der Waals surface area (Å²) in [5, 5.41) is 32.1. The van der Waals surface area contributed by atoms with Gasteiger partial charge in [-0.1, -0.05) is 0 Å². The van der Waals surface area contributed by atoms with E-state index in [1.165, 1.54) is 6.92 Å². The van der Waals surface area contributed by atoms with Crippen LogP contribution in [-0.4, -0.2) is 92.4 Å². The lowest BCUT2D eigenvalue weighted by atomic mass is 10.1. The quantitative estimate of drug-likeness (QED) is 0.177. The molecule has 12 nitrogen and oxygen atoms in total. The van der Waals surface area contributed by atoms with Gasteiger partial charge in [-0.2, -0.15) is 12.6 Å². The van der Waals surface area contributed by atoms with Gasteiger partial charge in [0, 0.05) is 12.3 Å². The molecule has 3 amide bonds. The van der Waals surface area contributed by atoms with Crippen molar-refractivity contribution in [3.05, 3.63) is 0 Å². The molecule has 1 saturated heterocycles. The van der Waals surface area contributed by atoms with Gasteiger partial charge in [-0.3, -0.25) is 19.2 Å². The summed E-state index contributed by atoms with van der Waals surface area (Å²) in [6.07, 6.45) is -1.29. The Hall–Kier alpha value is -2.38. The number of carboxylic acid groups (broad SMARTS) is 2. The smallest absolute Gasteiger partial charge is 0.326 e. The molecule has 1 rings (SSSR count). The Kier molecular flexibility index (Phi) is 9.33. The molecule has 0 spiro atoms. The zero-order chi connectivity index (χ0) is 22.3. The largest absolute Gasteiger partial charge is 0.481 e. The van der Waals surface area contributed by atoms with Gasteiger partial charge in [0.25, 0.3) is 0 Å². The Labute approximate surface area is 172 Å². The second kappa shape index (κ2) is 11.0. The van der Waals surface area contributed by atoms with Crippen LogP contribution in [0, 0.1) is 0 Å².